The summed E-state index contributed by atoms with van der Waals surface area (Å²) in [5, 5.41) is 4.12. The highest BCUT2D eigenvalue weighted by atomic mass is 32.2. The highest BCUT2D eigenvalue weighted by molar-refractivity contribution is 7.88. The summed E-state index contributed by atoms with van der Waals surface area (Å²) in [5.74, 6) is 1.54. The molecule has 2 atom stereocenters. The van der Waals surface area contributed by atoms with Crippen molar-refractivity contribution in [1.82, 2.24) is 14.4 Å². The Hall–Kier alpha value is -1.73. The van der Waals surface area contributed by atoms with Crippen LogP contribution in [0.3, 0.4) is 0 Å². The molecule has 1 aliphatic heterocycles. The fourth-order valence-corrected chi connectivity index (χ4v) is 5.83. The minimum absolute atomic E-state index is 0.0436. The van der Waals surface area contributed by atoms with Crippen LogP contribution in [0.15, 0.2) is 34.9 Å². The Morgan fingerprint density at radius 1 is 1.33 bits per heavy atom. The van der Waals surface area contributed by atoms with E-state index in [1.807, 2.05) is 30.3 Å². The van der Waals surface area contributed by atoms with Crippen molar-refractivity contribution in [3.8, 4) is 0 Å². The van der Waals surface area contributed by atoms with Crippen LogP contribution in [0.2, 0.25) is 0 Å². The second-order valence-corrected chi connectivity index (χ2v) is 8.89. The molecular formula is C17H21N3O3S. The van der Waals surface area contributed by atoms with Crippen LogP contribution in [0.1, 0.15) is 36.5 Å². The van der Waals surface area contributed by atoms with Crippen molar-refractivity contribution < 1.29 is 12.9 Å². The topological polar surface area (TPSA) is 76.3 Å². The first-order chi connectivity index (χ1) is 11.5. The molecule has 1 aliphatic carbocycles. The fraction of sp³-hybridized carbons (Fsp3) is 0.529. The third kappa shape index (κ3) is 2.56. The number of rotatable bonds is 4. The molecule has 0 amide bonds. The molecule has 128 valence electrons. The largest absolute Gasteiger partial charge is 0.340 e. The standard InChI is InChI=1S/C17H21N3O3S/c1-13-18-16(19-23-13)17-9-5-8-15(17)10-20(12-17)24(21,22)11-14-6-3-2-4-7-14/h2-4,6-7,15H,5,8-12H2,1H3/t15-,17-/m1/s1. The van der Waals surface area contributed by atoms with Crippen molar-refractivity contribution in [2.45, 2.75) is 37.4 Å². The number of aryl methyl sites for hydroxylation is 1. The highest BCUT2D eigenvalue weighted by Gasteiger charge is 2.55. The molecular weight excluding hydrogens is 326 g/mol. The maximum absolute atomic E-state index is 12.9. The number of fused-ring (bicyclic) bond motifs is 1. The SMILES string of the molecule is Cc1nc([C@@]23CCC[C@@H]2CN(S(=O)(=O)Cc2ccccc2)C3)no1. The fourth-order valence-electron chi connectivity index (χ4n) is 4.20. The van der Waals surface area contributed by atoms with Crippen LogP contribution >= 0.6 is 0 Å². The van der Waals surface area contributed by atoms with Crippen molar-refractivity contribution in [2.24, 2.45) is 5.92 Å². The Balaban J connectivity index is 1.61. The molecule has 7 heteroatoms. The quantitative estimate of drug-likeness (QED) is 0.848. The predicted octanol–water partition coefficient (Wildman–Crippen LogP) is 2.26. The summed E-state index contributed by atoms with van der Waals surface area (Å²) in [7, 11) is -3.35. The molecule has 0 N–H and O–H groups in total. The summed E-state index contributed by atoms with van der Waals surface area (Å²) >= 11 is 0. The van der Waals surface area contributed by atoms with Crippen molar-refractivity contribution in [2.75, 3.05) is 13.1 Å². The van der Waals surface area contributed by atoms with Gasteiger partial charge in [0.15, 0.2) is 5.82 Å². The van der Waals surface area contributed by atoms with Gasteiger partial charge in [0.05, 0.1) is 11.2 Å². The third-order valence-electron chi connectivity index (χ3n) is 5.40. The lowest BCUT2D eigenvalue weighted by atomic mass is 9.80. The molecule has 0 spiro atoms. The molecule has 2 aromatic rings. The molecule has 4 rings (SSSR count). The maximum Gasteiger partial charge on any atom is 0.223 e. The Morgan fingerprint density at radius 3 is 2.83 bits per heavy atom. The Labute approximate surface area is 141 Å². The molecule has 24 heavy (non-hydrogen) atoms. The van der Waals surface area contributed by atoms with Crippen LogP contribution in [0.25, 0.3) is 0 Å². The molecule has 6 nitrogen and oxygen atoms in total. The average Bonchev–Trinajstić information content (AvgIpc) is 3.21. The highest BCUT2D eigenvalue weighted by Crippen LogP contribution is 2.50. The van der Waals surface area contributed by atoms with Gasteiger partial charge in [-0.05, 0) is 24.3 Å². The predicted molar refractivity (Wildman–Crippen MR) is 88.7 cm³/mol. The Bertz CT molecular complexity index is 834. The minimum Gasteiger partial charge on any atom is -0.340 e. The van der Waals surface area contributed by atoms with E-state index in [4.69, 9.17) is 4.52 Å². The zero-order valence-corrected chi connectivity index (χ0v) is 14.5. The summed E-state index contributed by atoms with van der Waals surface area (Å²) in [6.07, 6.45) is 3.03. The molecule has 1 aromatic heterocycles. The molecule has 1 aromatic carbocycles. The van der Waals surface area contributed by atoms with Crippen LogP contribution in [0.5, 0.6) is 0 Å². The van der Waals surface area contributed by atoms with Gasteiger partial charge in [-0.3, -0.25) is 0 Å². The lowest BCUT2D eigenvalue weighted by Crippen LogP contribution is -2.36. The van der Waals surface area contributed by atoms with Gasteiger partial charge >= 0.3 is 0 Å². The first-order valence-corrected chi connectivity index (χ1v) is 9.93. The minimum atomic E-state index is -3.35. The lowest BCUT2D eigenvalue weighted by Gasteiger charge is -2.24. The lowest BCUT2D eigenvalue weighted by molar-refractivity contribution is 0.332. The molecule has 2 fully saturated rings. The number of hydrogen-bond donors (Lipinski definition) is 0. The van der Waals surface area contributed by atoms with Gasteiger partial charge in [0, 0.05) is 20.0 Å². The van der Waals surface area contributed by atoms with Gasteiger partial charge in [-0.1, -0.05) is 41.9 Å². The van der Waals surface area contributed by atoms with Crippen molar-refractivity contribution in [3.05, 3.63) is 47.6 Å². The maximum atomic E-state index is 12.9. The summed E-state index contributed by atoms with van der Waals surface area (Å²) in [4.78, 5) is 4.43. The zero-order valence-electron chi connectivity index (χ0n) is 13.7. The van der Waals surface area contributed by atoms with Gasteiger partial charge in [0.2, 0.25) is 15.9 Å². The van der Waals surface area contributed by atoms with Gasteiger partial charge in [-0.15, -0.1) is 0 Å². The van der Waals surface area contributed by atoms with Crippen molar-refractivity contribution in [3.63, 3.8) is 0 Å². The summed E-state index contributed by atoms with van der Waals surface area (Å²) in [6, 6.07) is 9.34. The van der Waals surface area contributed by atoms with E-state index in [1.165, 1.54) is 0 Å². The third-order valence-corrected chi connectivity index (χ3v) is 7.16. The summed E-state index contributed by atoms with van der Waals surface area (Å²) in [6.45, 7) is 2.80. The monoisotopic (exact) mass is 347 g/mol. The molecule has 0 bridgehead atoms. The van der Waals surface area contributed by atoms with Gasteiger partial charge in [-0.25, -0.2) is 12.7 Å². The van der Waals surface area contributed by atoms with Crippen LogP contribution in [-0.4, -0.2) is 36.0 Å². The van der Waals surface area contributed by atoms with Gasteiger partial charge in [0.25, 0.3) is 0 Å². The van der Waals surface area contributed by atoms with Crippen LogP contribution in [0.4, 0.5) is 0 Å². The van der Waals surface area contributed by atoms with E-state index in [0.717, 1.165) is 24.8 Å². The number of benzene rings is 1. The van der Waals surface area contributed by atoms with Gasteiger partial charge in [-0.2, -0.15) is 4.98 Å². The number of aromatic nitrogens is 2. The normalized spacial score (nSPS) is 27.5. The molecule has 1 saturated heterocycles. The number of nitrogens with zero attached hydrogens (tertiary/aromatic N) is 3. The molecule has 0 unspecified atom stereocenters. The smallest absolute Gasteiger partial charge is 0.223 e. The Morgan fingerprint density at radius 2 is 2.12 bits per heavy atom. The Kier molecular flexibility index (Phi) is 3.73. The molecule has 2 heterocycles. The van der Waals surface area contributed by atoms with Crippen LogP contribution < -0.4 is 0 Å². The zero-order chi connectivity index (χ0) is 16.8. The first-order valence-electron chi connectivity index (χ1n) is 8.32. The van der Waals surface area contributed by atoms with Crippen LogP contribution in [-0.2, 0) is 21.2 Å². The number of hydrogen-bond acceptors (Lipinski definition) is 5. The molecule has 2 aliphatic rings. The van der Waals surface area contributed by atoms with E-state index in [0.29, 0.717) is 24.8 Å². The average molecular weight is 347 g/mol. The van der Waals surface area contributed by atoms with E-state index in [1.54, 1.807) is 11.2 Å². The summed E-state index contributed by atoms with van der Waals surface area (Å²) < 4.78 is 32.5. The van der Waals surface area contributed by atoms with Crippen molar-refractivity contribution in [1.29, 1.82) is 0 Å². The second kappa shape index (κ2) is 5.67. The summed E-state index contributed by atoms with van der Waals surface area (Å²) in [5.41, 5.74) is 0.542. The van der Waals surface area contributed by atoms with E-state index >= 15 is 0 Å². The van der Waals surface area contributed by atoms with E-state index in [2.05, 4.69) is 10.1 Å². The van der Waals surface area contributed by atoms with E-state index in [-0.39, 0.29) is 17.1 Å². The first kappa shape index (κ1) is 15.8. The van der Waals surface area contributed by atoms with Crippen molar-refractivity contribution >= 4 is 10.0 Å². The van der Waals surface area contributed by atoms with E-state index < -0.39 is 10.0 Å². The van der Waals surface area contributed by atoms with Gasteiger partial charge in [0.1, 0.15) is 0 Å². The molecule has 0 radical (unpaired) electrons. The second-order valence-electron chi connectivity index (χ2n) is 6.92. The number of sulfonamides is 1. The van der Waals surface area contributed by atoms with E-state index in [9.17, 15) is 8.42 Å². The molecule has 1 saturated carbocycles. The van der Waals surface area contributed by atoms with Gasteiger partial charge < -0.3 is 4.52 Å². The van der Waals surface area contributed by atoms with Crippen LogP contribution in [0, 0.1) is 12.8 Å².